The average molecular weight is 206 g/mol. The van der Waals surface area contributed by atoms with E-state index >= 15 is 0 Å². The minimum atomic E-state index is 0.586. The number of aryl methyl sites for hydroxylation is 2. The fourth-order valence-electron chi connectivity index (χ4n) is 1.47. The number of aromatic nitrogens is 4. The van der Waals surface area contributed by atoms with Gasteiger partial charge in [-0.15, -0.1) is 5.10 Å². The van der Waals surface area contributed by atoms with Crippen molar-refractivity contribution in [3.8, 4) is 0 Å². The first-order valence-electron chi connectivity index (χ1n) is 4.83. The summed E-state index contributed by atoms with van der Waals surface area (Å²) in [6, 6.07) is 1.95. The third-order valence-electron chi connectivity index (χ3n) is 2.15. The molecule has 2 rings (SSSR count). The average Bonchev–Trinajstić information content (AvgIpc) is 2.57. The molecule has 80 valence electrons. The Kier molecular flexibility index (Phi) is 2.51. The van der Waals surface area contributed by atoms with Gasteiger partial charge in [0.2, 0.25) is 0 Å². The highest BCUT2D eigenvalue weighted by Gasteiger charge is 2.08. The van der Waals surface area contributed by atoms with Crippen molar-refractivity contribution in [3.63, 3.8) is 0 Å². The van der Waals surface area contributed by atoms with Gasteiger partial charge in [-0.1, -0.05) is 5.21 Å². The molecule has 0 aromatic carbocycles. The first-order valence-corrected chi connectivity index (χ1v) is 4.83. The standard InChI is InChI=1S/C9H14N6/c1-6-5-7(11-4-3-10)8-9(12-6)15(2)14-13-8/h5H,3-4,10H2,1-2H3,(H,11,12). The van der Waals surface area contributed by atoms with Crippen molar-refractivity contribution < 1.29 is 0 Å². The summed E-state index contributed by atoms with van der Waals surface area (Å²) in [5.41, 5.74) is 8.90. The molecule has 0 atom stereocenters. The van der Waals surface area contributed by atoms with Gasteiger partial charge in [0.05, 0.1) is 5.69 Å². The number of nitrogens with two attached hydrogens (primary N) is 1. The molecule has 0 unspecified atom stereocenters. The maximum atomic E-state index is 5.44. The quantitative estimate of drug-likeness (QED) is 0.741. The van der Waals surface area contributed by atoms with E-state index in [1.807, 2.05) is 20.0 Å². The Bertz CT molecular complexity index is 475. The van der Waals surface area contributed by atoms with E-state index in [2.05, 4.69) is 20.6 Å². The third-order valence-corrected chi connectivity index (χ3v) is 2.15. The van der Waals surface area contributed by atoms with E-state index in [0.717, 1.165) is 29.1 Å². The molecule has 0 saturated heterocycles. The molecule has 0 aliphatic rings. The van der Waals surface area contributed by atoms with Crippen LogP contribution in [0.2, 0.25) is 0 Å². The van der Waals surface area contributed by atoms with Gasteiger partial charge in [0.1, 0.15) is 0 Å². The van der Waals surface area contributed by atoms with Gasteiger partial charge >= 0.3 is 0 Å². The molecular weight excluding hydrogens is 192 g/mol. The summed E-state index contributed by atoms with van der Waals surface area (Å²) >= 11 is 0. The Morgan fingerprint density at radius 1 is 1.53 bits per heavy atom. The molecule has 3 N–H and O–H groups in total. The van der Waals surface area contributed by atoms with E-state index in [-0.39, 0.29) is 0 Å². The SMILES string of the molecule is Cc1cc(NCCN)c2nnn(C)c2n1. The fourth-order valence-corrected chi connectivity index (χ4v) is 1.47. The third kappa shape index (κ3) is 1.75. The fraction of sp³-hybridized carbons (Fsp3) is 0.444. The number of nitrogens with one attached hydrogen (secondary N) is 1. The van der Waals surface area contributed by atoms with E-state index < -0.39 is 0 Å². The first-order chi connectivity index (χ1) is 7.22. The Hall–Kier alpha value is -1.69. The summed E-state index contributed by atoms with van der Waals surface area (Å²) in [7, 11) is 1.83. The topological polar surface area (TPSA) is 81.6 Å². The number of rotatable bonds is 3. The van der Waals surface area contributed by atoms with Crippen LogP contribution in [-0.4, -0.2) is 33.1 Å². The van der Waals surface area contributed by atoms with E-state index in [1.165, 1.54) is 0 Å². The predicted molar refractivity (Wildman–Crippen MR) is 58.6 cm³/mol. The van der Waals surface area contributed by atoms with Gasteiger partial charge in [-0.25, -0.2) is 9.67 Å². The maximum Gasteiger partial charge on any atom is 0.180 e. The van der Waals surface area contributed by atoms with Crippen molar-refractivity contribution in [2.75, 3.05) is 18.4 Å². The van der Waals surface area contributed by atoms with Crippen LogP contribution in [0.5, 0.6) is 0 Å². The molecule has 2 aromatic rings. The van der Waals surface area contributed by atoms with Crippen molar-refractivity contribution in [1.82, 2.24) is 20.0 Å². The van der Waals surface area contributed by atoms with Crippen LogP contribution in [0.25, 0.3) is 11.2 Å². The Morgan fingerprint density at radius 2 is 2.33 bits per heavy atom. The van der Waals surface area contributed by atoms with Gasteiger partial charge in [-0.05, 0) is 13.0 Å². The van der Waals surface area contributed by atoms with Gasteiger partial charge in [-0.3, -0.25) is 0 Å². The van der Waals surface area contributed by atoms with Crippen LogP contribution in [0.15, 0.2) is 6.07 Å². The number of pyridine rings is 1. The lowest BCUT2D eigenvalue weighted by atomic mass is 10.3. The van der Waals surface area contributed by atoms with E-state index in [9.17, 15) is 0 Å². The highest BCUT2D eigenvalue weighted by Crippen LogP contribution is 2.19. The lowest BCUT2D eigenvalue weighted by Gasteiger charge is -2.05. The second-order valence-electron chi connectivity index (χ2n) is 3.41. The number of hydrogen-bond donors (Lipinski definition) is 2. The van der Waals surface area contributed by atoms with Gasteiger partial charge in [0.15, 0.2) is 11.2 Å². The monoisotopic (exact) mass is 206 g/mol. The lowest BCUT2D eigenvalue weighted by Crippen LogP contribution is -2.13. The van der Waals surface area contributed by atoms with Gasteiger partial charge < -0.3 is 11.1 Å². The van der Waals surface area contributed by atoms with E-state index in [0.29, 0.717) is 6.54 Å². The Labute approximate surface area is 87.5 Å². The van der Waals surface area contributed by atoms with Gasteiger partial charge in [0.25, 0.3) is 0 Å². The first kappa shape index (κ1) is 9.85. The van der Waals surface area contributed by atoms with Crippen molar-refractivity contribution >= 4 is 16.9 Å². The normalized spacial score (nSPS) is 10.9. The second-order valence-corrected chi connectivity index (χ2v) is 3.41. The van der Waals surface area contributed by atoms with Crippen LogP contribution in [0.3, 0.4) is 0 Å². The molecule has 0 fully saturated rings. The smallest absolute Gasteiger partial charge is 0.180 e. The summed E-state index contributed by atoms with van der Waals surface area (Å²) in [4.78, 5) is 4.37. The zero-order valence-electron chi connectivity index (χ0n) is 8.86. The summed E-state index contributed by atoms with van der Waals surface area (Å²) in [6.07, 6.45) is 0. The van der Waals surface area contributed by atoms with Crippen molar-refractivity contribution in [1.29, 1.82) is 0 Å². The van der Waals surface area contributed by atoms with E-state index in [1.54, 1.807) is 4.68 Å². The predicted octanol–water partition coefficient (Wildman–Crippen LogP) is 0.0423. The lowest BCUT2D eigenvalue weighted by molar-refractivity contribution is 0.729. The molecule has 0 bridgehead atoms. The van der Waals surface area contributed by atoms with Crippen LogP contribution >= 0.6 is 0 Å². The molecule has 6 heteroatoms. The molecule has 0 spiro atoms. The second kappa shape index (κ2) is 3.82. The minimum Gasteiger partial charge on any atom is -0.382 e. The number of fused-ring (bicyclic) bond motifs is 1. The highest BCUT2D eigenvalue weighted by atomic mass is 15.4. The molecule has 0 amide bonds. The van der Waals surface area contributed by atoms with Crippen molar-refractivity contribution in [3.05, 3.63) is 11.8 Å². The Morgan fingerprint density at radius 3 is 3.07 bits per heavy atom. The van der Waals surface area contributed by atoms with Gasteiger partial charge in [-0.2, -0.15) is 0 Å². The number of anilines is 1. The molecule has 2 heterocycles. The zero-order valence-corrected chi connectivity index (χ0v) is 8.86. The van der Waals surface area contributed by atoms with E-state index in [4.69, 9.17) is 5.73 Å². The zero-order chi connectivity index (χ0) is 10.8. The van der Waals surface area contributed by atoms with Crippen LogP contribution < -0.4 is 11.1 Å². The van der Waals surface area contributed by atoms with Crippen LogP contribution in [0, 0.1) is 6.92 Å². The molecule has 0 radical (unpaired) electrons. The van der Waals surface area contributed by atoms with Gasteiger partial charge in [0, 0.05) is 25.8 Å². The molecule has 0 saturated carbocycles. The molecule has 0 aliphatic heterocycles. The summed E-state index contributed by atoms with van der Waals surface area (Å²) in [5, 5.41) is 11.2. The van der Waals surface area contributed by atoms with Crippen molar-refractivity contribution in [2.45, 2.75) is 6.92 Å². The molecular formula is C9H14N6. The Balaban J connectivity index is 2.52. The van der Waals surface area contributed by atoms with Crippen molar-refractivity contribution in [2.24, 2.45) is 12.8 Å². The van der Waals surface area contributed by atoms with Crippen LogP contribution in [-0.2, 0) is 7.05 Å². The largest absolute Gasteiger partial charge is 0.382 e. The summed E-state index contributed by atoms with van der Waals surface area (Å²) in [6.45, 7) is 3.25. The van der Waals surface area contributed by atoms with Crippen LogP contribution in [0.1, 0.15) is 5.69 Å². The summed E-state index contributed by atoms with van der Waals surface area (Å²) < 4.78 is 1.66. The minimum absolute atomic E-state index is 0.586. The number of hydrogen-bond acceptors (Lipinski definition) is 5. The molecule has 0 aliphatic carbocycles. The number of nitrogens with zero attached hydrogens (tertiary/aromatic N) is 4. The molecule has 2 aromatic heterocycles. The maximum absolute atomic E-state index is 5.44. The van der Waals surface area contributed by atoms with Crippen LogP contribution in [0.4, 0.5) is 5.69 Å². The summed E-state index contributed by atoms with van der Waals surface area (Å²) in [5.74, 6) is 0. The highest BCUT2D eigenvalue weighted by molar-refractivity contribution is 5.85. The molecule has 15 heavy (non-hydrogen) atoms. The molecule has 6 nitrogen and oxygen atoms in total.